The lowest BCUT2D eigenvalue weighted by molar-refractivity contribution is -0.189. The zero-order chi connectivity index (χ0) is 24.5. The Labute approximate surface area is 181 Å². The molecule has 0 radical (unpaired) electrons. The zero-order valence-electron chi connectivity index (χ0n) is 16.6. The Kier molecular flexibility index (Phi) is 6.80. The highest BCUT2D eigenvalue weighted by atomic mass is 19.3. The predicted octanol–water partition coefficient (Wildman–Crippen LogP) is 7.24. The maximum Gasteiger partial charge on any atom is 0.432 e. The Bertz CT molecular complexity index is 1130. The lowest BCUT2D eigenvalue weighted by Crippen LogP contribution is -2.25. The molecule has 0 saturated carbocycles. The Hall–Kier alpha value is -3.37. The van der Waals surface area contributed by atoms with E-state index in [-0.39, 0.29) is 36.6 Å². The van der Waals surface area contributed by atoms with E-state index in [2.05, 4.69) is 4.74 Å². The molecule has 33 heavy (non-hydrogen) atoms. The summed E-state index contributed by atoms with van der Waals surface area (Å²) in [5.74, 6) is -13.7. The largest absolute Gasteiger partial charge is 0.493 e. The van der Waals surface area contributed by atoms with Crippen molar-refractivity contribution >= 4 is 0 Å². The fourth-order valence-corrected chi connectivity index (χ4v) is 2.91. The summed E-state index contributed by atoms with van der Waals surface area (Å²) in [6, 6.07) is 2.07. The second kappa shape index (κ2) is 9.24. The van der Waals surface area contributed by atoms with Crippen LogP contribution in [0.4, 0.5) is 39.5 Å². The molecule has 3 rings (SSSR count). The Morgan fingerprint density at radius 2 is 1.15 bits per heavy atom. The summed E-state index contributed by atoms with van der Waals surface area (Å²) in [4.78, 5) is 0. The molecule has 0 heterocycles. The molecule has 0 aliphatic heterocycles. The summed E-state index contributed by atoms with van der Waals surface area (Å²) < 4.78 is 135. The van der Waals surface area contributed by atoms with Crippen molar-refractivity contribution in [2.75, 3.05) is 6.61 Å². The van der Waals surface area contributed by atoms with Crippen molar-refractivity contribution in [3.8, 4) is 22.6 Å². The van der Waals surface area contributed by atoms with Crippen LogP contribution in [0.15, 0.2) is 36.4 Å². The van der Waals surface area contributed by atoms with Gasteiger partial charge in [-0.25, -0.2) is 30.7 Å². The second-order valence-corrected chi connectivity index (χ2v) is 6.75. The first-order chi connectivity index (χ1) is 15.4. The van der Waals surface area contributed by atoms with Crippen LogP contribution in [0.2, 0.25) is 0 Å². The van der Waals surface area contributed by atoms with Gasteiger partial charge in [0.15, 0.2) is 17.5 Å². The van der Waals surface area contributed by atoms with E-state index in [1.165, 1.54) is 0 Å². The van der Waals surface area contributed by atoms with Gasteiger partial charge in [-0.05, 0) is 24.1 Å². The standard InChI is InChI=1S/C22H13F9O2/c1-2-3-32-11-6-13(23)19(14(24)7-11)10-4-15(25)20(16(26)5-10)22(30,31)33-12-8-17(27)21(29)18(28)9-12/h4-9H,2-3H2,1H3. The minimum atomic E-state index is -4.83. The van der Waals surface area contributed by atoms with E-state index < -0.39 is 69.3 Å². The molecule has 3 aromatic carbocycles. The molecule has 0 amide bonds. The van der Waals surface area contributed by atoms with Gasteiger partial charge < -0.3 is 9.47 Å². The number of hydrogen-bond donors (Lipinski definition) is 0. The number of ether oxygens (including phenoxy) is 2. The van der Waals surface area contributed by atoms with Crippen LogP contribution in [-0.2, 0) is 6.11 Å². The lowest BCUT2D eigenvalue weighted by atomic mass is 10.0. The van der Waals surface area contributed by atoms with E-state index in [4.69, 9.17) is 4.74 Å². The van der Waals surface area contributed by atoms with E-state index in [9.17, 15) is 39.5 Å². The van der Waals surface area contributed by atoms with Crippen LogP contribution in [-0.4, -0.2) is 6.61 Å². The van der Waals surface area contributed by atoms with Gasteiger partial charge in [-0.2, -0.15) is 8.78 Å². The summed E-state index contributed by atoms with van der Waals surface area (Å²) in [5, 5.41) is 0. The van der Waals surface area contributed by atoms with Crippen LogP contribution >= 0.6 is 0 Å². The summed E-state index contributed by atoms with van der Waals surface area (Å²) in [5.41, 5.74) is -3.66. The first-order valence-electron chi connectivity index (χ1n) is 9.27. The smallest absolute Gasteiger partial charge is 0.432 e. The summed E-state index contributed by atoms with van der Waals surface area (Å²) in [6.07, 6.45) is -4.30. The number of benzene rings is 3. The predicted molar refractivity (Wildman–Crippen MR) is 98.3 cm³/mol. The monoisotopic (exact) mass is 480 g/mol. The highest BCUT2D eigenvalue weighted by Crippen LogP contribution is 2.39. The van der Waals surface area contributed by atoms with Crippen molar-refractivity contribution in [2.45, 2.75) is 19.5 Å². The number of hydrogen-bond acceptors (Lipinski definition) is 2. The van der Waals surface area contributed by atoms with Gasteiger partial charge in [0, 0.05) is 24.3 Å². The molecule has 0 fully saturated rings. The zero-order valence-corrected chi connectivity index (χ0v) is 16.6. The molecule has 2 nitrogen and oxygen atoms in total. The van der Waals surface area contributed by atoms with E-state index >= 15 is 0 Å². The molecule has 0 aliphatic rings. The van der Waals surface area contributed by atoms with Crippen LogP contribution in [0.1, 0.15) is 18.9 Å². The van der Waals surface area contributed by atoms with E-state index in [1.807, 2.05) is 0 Å². The number of halogens is 9. The van der Waals surface area contributed by atoms with Crippen molar-refractivity contribution < 1.29 is 49.0 Å². The van der Waals surface area contributed by atoms with Gasteiger partial charge in [0.25, 0.3) is 0 Å². The molecule has 11 heteroatoms. The van der Waals surface area contributed by atoms with Crippen LogP contribution in [0.5, 0.6) is 11.5 Å². The molecule has 176 valence electrons. The number of alkyl halides is 2. The topological polar surface area (TPSA) is 18.5 Å². The van der Waals surface area contributed by atoms with Gasteiger partial charge in [-0.15, -0.1) is 0 Å². The van der Waals surface area contributed by atoms with Gasteiger partial charge in [0.1, 0.15) is 40.3 Å². The molecule has 3 aromatic rings. The fourth-order valence-electron chi connectivity index (χ4n) is 2.91. The number of rotatable bonds is 7. The third-order valence-corrected chi connectivity index (χ3v) is 4.31. The van der Waals surface area contributed by atoms with Crippen molar-refractivity contribution in [3.63, 3.8) is 0 Å². The van der Waals surface area contributed by atoms with Gasteiger partial charge in [-0.1, -0.05) is 6.92 Å². The minimum absolute atomic E-state index is 0.0451. The van der Waals surface area contributed by atoms with Crippen LogP contribution in [0, 0.1) is 40.7 Å². The molecule has 0 atom stereocenters. The molecular formula is C22H13F9O2. The average molecular weight is 480 g/mol. The quantitative estimate of drug-likeness (QED) is 0.262. The van der Waals surface area contributed by atoms with Crippen LogP contribution < -0.4 is 9.47 Å². The van der Waals surface area contributed by atoms with Crippen molar-refractivity contribution in [2.24, 2.45) is 0 Å². The SMILES string of the molecule is CCCOc1cc(F)c(-c2cc(F)c(C(F)(F)Oc3cc(F)c(F)c(F)c3)c(F)c2)c(F)c1. The molecule has 0 bridgehead atoms. The molecule has 0 unspecified atom stereocenters. The molecular weight excluding hydrogens is 467 g/mol. The lowest BCUT2D eigenvalue weighted by Gasteiger charge is -2.20. The highest BCUT2D eigenvalue weighted by molar-refractivity contribution is 5.66. The first kappa shape index (κ1) is 24.3. The Morgan fingerprint density at radius 3 is 1.64 bits per heavy atom. The highest BCUT2D eigenvalue weighted by Gasteiger charge is 2.41. The van der Waals surface area contributed by atoms with E-state index in [0.717, 1.165) is 12.1 Å². The molecule has 0 N–H and O–H groups in total. The minimum Gasteiger partial charge on any atom is -0.493 e. The van der Waals surface area contributed by atoms with Crippen LogP contribution in [0.25, 0.3) is 11.1 Å². The maximum absolute atomic E-state index is 14.4. The van der Waals surface area contributed by atoms with E-state index in [1.54, 1.807) is 6.92 Å². The summed E-state index contributed by atoms with van der Waals surface area (Å²) in [6.45, 7) is 1.89. The van der Waals surface area contributed by atoms with Gasteiger partial charge in [0.05, 0.1) is 12.2 Å². The molecule has 0 spiro atoms. The first-order valence-corrected chi connectivity index (χ1v) is 9.27. The van der Waals surface area contributed by atoms with Gasteiger partial charge >= 0.3 is 6.11 Å². The van der Waals surface area contributed by atoms with Crippen molar-refractivity contribution in [1.82, 2.24) is 0 Å². The summed E-state index contributed by atoms with van der Waals surface area (Å²) >= 11 is 0. The molecule has 0 aromatic heterocycles. The molecule has 0 aliphatic carbocycles. The van der Waals surface area contributed by atoms with E-state index in [0.29, 0.717) is 6.42 Å². The third-order valence-electron chi connectivity index (χ3n) is 4.31. The summed E-state index contributed by atoms with van der Waals surface area (Å²) in [7, 11) is 0. The van der Waals surface area contributed by atoms with Gasteiger partial charge in [0.2, 0.25) is 0 Å². The second-order valence-electron chi connectivity index (χ2n) is 6.75. The molecule has 0 saturated heterocycles. The fraction of sp³-hybridized carbons (Fsp3) is 0.182. The van der Waals surface area contributed by atoms with Gasteiger partial charge in [-0.3, -0.25) is 0 Å². The maximum atomic E-state index is 14.4. The Balaban J connectivity index is 1.99. The van der Waals surface area contributed by atoms with Crippen LogP contribution in [0.3, 0.4) is 0 Å². The Morgan fingerprint density at radius 1 is 0.667 bits per heavy atom. The average Bonchev–Trinajstić information content (AvgIpc) is 2.68. The normalized spacial score (nSPS) is 11.6. The third kappa shape index (κ3) is 5.01. The van der Waals surface area contributed by atoms with Crippen molar-refractivity contribution in [3.05, 3.63) is 82.7 Å². The van der Waals surface area contributed by atoms with Crippen molar-refractivity contribution in [1.29, 1.82) is 0 Å².